The first-order valence-corrected chi connectivity index (χ1v) is 8.79. The molecule has 128 valence electrons. The summed E-state index contributed by atoms with van der Waals surface area (Å²) in [6, 6.07) is 7.67. The van der Waals surface area contributed by atoms with E-state index in [9.17, 15) is 4.79 Å². The number of carbonyl (C=O) groups excluding carboxylic acids is 1. The van der Waals surface area contributed by atoms with Crippen molar-refractivity contribution in [3.63, 3.8) is 0 Å². The summed E-state index contributed by atoms with van der Waals surface area (Å²) in [7, 11) is 0. The molecule has 23 heavy (non-hydrogen) atoms. The van der Waals surface area contributed by atoms with Crippen molar-refractivity contribution in [1.82, 2.24) is 10.2 Å². The molecule has 1 aromatic carbocycles. The number of anilines is 1. The highest BCUT2D eigenvalue weighted by Gasteiger charge is 2.16. The van der Waals surface area contributed by atoms with Gasteiger partial charge in [-0.3, -0.25) is 4.90 Å². The number of rotatable bonds is 8. The van der Waals surface area contributed by atoms with Gasteiger partial charge in [0.25, 0.3) is 0 Å². The Morgan fingerprint density at radius 3 is 2.57 bits per heavy atom. The van der Waals surface area contributed by atoms with E-state index < -0.39 is 6.03 Å². The number of urea groups is 1. The van der Waals surface area contributed by atoms with E-state index in [1.54, 1.807) is 0 Å². The zero-order valence-corrected chi connectivity index (χ0v) is 14.4. The number of halogens is 1. The summed E-state index contributed by atoms with van der Waals surface area (Å²) in [5.74, 6) is 0. The van der Waals surface area contributed by atoms with Gasteiger partial charge in [0.1, 0.15) is 0 Å². The summed E-state index contributed by atoms with van der Waals surface area (Å²) in [4.78, 5) is 15.5. The quantitative estimate of drug-likeness (QED) is 0.716. The Balaban J connectivity index is 1.56. The van der Waals surface area contributed by atoms with Crippen LogP contribution in [0.3, 0.4) is 0 Å². The maximum atomic E-state index is 10.5. The van der Waals surface area contributed by atoms with Gasteiger partial charge in [0.05, 0.1) is 0 Å². The van der Waals surface area contributed by atoms with E-state index in [0.717, 1.165) is 50.6 Å². The van der Waals surface area contributed by atoms with Crippen LogP contribution in [0.25, 0.3) is 0 Å². The Morgan fingerprint density at radius 1 is 1.13 bits per heavy atom. The summed E-state index contributed by atoms with van der Waals surface area (Å²) in [5.41, 5.74) is 6.25. The molecule has 1 fully saturated rings. The normalized spacial score (nSPS) is 15.6. The van der Waals surface area contributed by atoms with E-state index in [-0.39, 0.29) is 0 Å². The molecule has 0 bridgehead atoms. The van der Waals surface area contributed by atoms with Crippen LogP contribution in [0.5, 0.6) is 0 Å². The van der Waals surface area contributed by atoms with E-state index in [4.69, 9.17) is 17.3 Å². The Hall–Kier alpha value is -1.46. The molecule has 0 aliphatic carbocycles. The number of primary amides is 1. The van der Waals surface area contributed by atoms with Crippen LogP contribution >= 0.6 is 11.6 Å². The fourth-order valence-electron chi connectivity index (χ4n) is 2.93. The Labute approximate surface area is 143 Å². The number of benzene rings is 1. The van der Waals surface area contributed by atoms with Crippen LogP contribution in [0.15, 0.2) is 24.3 Å². The maximum absolute atomic E-state index is 10.5. The van der Waals surface area contributed by atoms with E-state index in [0.29, 0.717) is 6.54 Å². The average Bonchev–Trinajstić information content (AvgIpc) is 2.54. The predicted molar refractivity (Wildman–Crippen MR) is 96.2 cm³/mol. The largest absolute Gasteiger partial charge is 0.369 e. The number of nitrogens with two attached hydrogens (primary N) is 1. The topological polar surface area (TPSA) is 61.6 Å². The van der Waals surface area contributed by atoms with Crippen LogP contribution in [0.2, 0.25) is 5.02 Å². The van der Waals surface area contributed by atoms with Gasteiger partial charge in [-0.2, -0.15) is 0 Å². The second-order valence-electron chi connectivity index (χ2n) is 6.01. The number of nitrogens with zero attached hydrogens (tertiary/aromatic N) is 2. The summed E-state index contributed by atoms with van der Waals surface area (Å²) < 4.78 is 0. The highest BCUT2D eigenvalue weighted by atomic mass is 35.5. The molecule has 0 unspecified atom stereocenters. The molecule has 1 aromatic rings. The van der Waals surface area contributed by atoms with Gasteiger partial charge >= 0.3 is 6.03 Å². The molecule has 1 aliphatic rings. The van der Waals surface area contributed by atoms with Gasteiger partial charge in [-0.15, -0.1) is 0 Å². The summed E-state index contributed by atoms with van der Waals surface area (Å²) in [6.07, 6.45) is 4.57. The van der Waals surface area contributed by atoms with Gasteiger partial charge < -0.3 is 16.0 Å². The van der Waals surface area contributed by atoms with Gasteiger partial charge in [-0.25, -0.2) is 4.79 Å². The van der Waals surface area contributed by atoms with Gasteiger partial charge in [-0.1, -0.05) is 30.5 Å². The van der Waals surface area contributed by atoms with Crippen molar-refractivity contribution in [2.75, 3.05) is 44.2 Å². The van der Waals surface area contributed by atoms with E-state index >= 15 is 0 Å². The van der Waals surface area contributed by atoms with E-state index in [1.165, 1.54) is 18.5 Å². The molecule has 0 radical (unpaired) electrons. The van der Waals surface area contributed by atoms with Crippen LogP contribution in [0.4, 0.5) is 10.5 Å². The van der Waals surface area contributed by atoms with Crippen molar-refractivity contribution in [3.8, 4) is 0 Å². The lowest BCUT2D eigenvalue weighted by Crippen LogP contribution is -2.46. The second-order valence-corrected chi connectivity index (χ2v) is 6.45. The monoisotopic (exact) mass is 338 g/mol. The number of piperazine rings is 1. The smallest absolute Gasteiger partial charge is 0.312 e. The Morgan fingerprint density at radius 2 is 1.87 bits per heavy atom. The minimum absolute atomic E-state index is 0.428. The third kappa shape index (κ3) is 6.67. The zero-order chi connectivity index (χ0) is 16.5. The minimum Gasteiger partial charge on any atom is -0.369 e. The standard InChI is InChI=1S/C17H27ClN4O/c18-15-6-5-7-16(14-15)22-12-10-21(11-13-22)9-4-2-1-3-8-20-17(19)23/h5-7,14H,1-4,8-13H2,(H3,19,20,23). The lowest BCUT2D eigenvalue weighted by atomic mass is 10.1. The van der Waals surface area contributed by atoms with E-state index in [2.05, 4.69) is 21.2 Å². The molecule has 1 heterocycles. The molecule has 5 nitrogen and oxygen atoms in total. The first kappa shape index (κ1) is 17.9. The third-order valence-electron chi connectivity index (χ3n) is 4.25. The third-order valence-corrected chi connectivity index (χ3v) is 4.48. The molecule has 0 saturated carbocycles. The first-order valence-electron chi connectivity index (χ1n) is 8.41. The highest BCUT2D eigenvalue weighted by molar-refractivity contribution is 6.30. The maximum Gasteiger partial charge on any atom is 0.312 e. The van der Waals surface area contributed by atoms with Crippen molar-refractivity contribution in [3.05, 3.63) is 29.3 Å². The van der Waals surface area contributed by atoms with Crippen molar-refractivity contribution >= 4 is 23.3 Å². The number of amides is 2. The molecule has 1 saturated heterocycles. The van der Waals surface area contributed by atoms with Gasteiger partial charge in [0, 0.05) is 43.4 Å². The average molecular weight is 339 g/mol. The molecule has 1 aliphatic heterocycles. The lowest BCUT2D eigenvalue weighted by Gasteiger charge is -2.36. The molecular weight excluding hydrogens is 312 g/mol. The van der Waals surface area contributed by atoms with Crippen LogP contribution in [0.1, 0.15) is 25.7 Å². The fraction of sp³-hybridized carbons (Fsp3) is 0.588. The molecule has 0 aromatic heterocycles. The number of hydrogen-bond donors (Lipinski definition) is 2. The molecule has 0 atom stereocenters. The van der Waals surface area contributed by atoms with Gasteiger partial charge in [-0.05, 0) is 37.6 Å². The Kier molecular flexibility index (Phi) is 7.49. The second kappa shape index (κ2) is 9.63. The molecule has 6 heteroatoms. The summed E-state index contributed by atoms with van der Waals surface area (Å²) in [5, 5.41) is 3.43. The van der Waals surface area contributed by atoms with Gasteiger partial charge in [0.15, 0.2) is 0 Å². The van der Waals surface area contributed by atoms with Crippen molar-refractivity contribution in [2.24, 2.45) is 5.73 Å². The summed E-state index contributed by atoms with van der Waals surface area (Å²) in [6.45, 7) is 6.18. The van der Waals surface area contributed by atoms with Gasteiger partial charge in [0.2, 0.25) is 0 Å². The molecule has 0 spiro atoms. The van der Waals surface area contributed by atoms with Crippen molar-refractivity contribution in [1.29, 1.82) is 0 Å². The minimum atomic E-state index is -0.428. The lowest BCUT2D eigenvalue weighted by molar-refractivity contribution is 0.247. The molecular formula is C17H27ClN4O. The molecule has 3 N–H and O–H groups in total. The molecule has 2 amide bonds. The fourth-order valence-corrected chi connectivity index (χ4v) is 3.11. The van der Waals surface area contributed by atoms with Crippen LogP contribution in [0, 0.1) is 0 Å². The van der Waals surface area contributed by atoms with Crippen molar-refractivity contribution < 1.29 is 4.79 Å². The molecule has 2 rings (SSSR count). The van der Waals surface area contributed by atoms with Crippen LogP contribution < -0.4 is 16.0 Å². The summed E-state index contributed by atoms with van der Waals surface area (Å²) >= 11 is 6.06. The number of nitrogens with one attached hydrogen (secondary N) is 1. The number of hydrogen-bond acceptors (Lipinski definition) is 3. The SMILES string of the molecule is NC(=O)NCCCCCCN1CCN(c2cccc(Cl)c2)CC1. The van der Waals surface area contributed by atoms with E-state index in [1.807, 2.05) is 18.2 Å². The Bertz CT molecular complexity index is 489. The van der Waals surface area contributed by atoms with Crippen molar-refractivity contribution in [2.45, 2.75) is 25.7 Å². The predicted octanol–water partition coefficient (Wildman–Crippen LogP) is 2.69. The van der Waals surface area contributed by atoms with Crippen LogP contribution in [-0.2, 0) is 0 Å². The number of carbonyl (C=O) groups is 1. The highest BCUT2D eigenvalue weighted by Crippen LogP contribution is 2.20. The zero-order valence-electron chi connectivity index (χ0n) is 13.6. The first-order chi connectivity index (χ1) is 11.1. The number of unbranched alkanes of at least 4 members (excludes halogenated alkanes) is 3. The van der Waals surface area contributed by atoms with Crippen LogP contribution in [-0.4, -0.2) is 50.2 Å².